The van der Waals surface area contributed by atoms with Gasteiger partial charge in [0.1, 0.15) is 12.4 Å². The zero-order valence-electron chi connectivity index (χ0n) is 11.5. The first kappa shape index (κ1) is 14.5. The van der Waals surface area contributed by atoms with Crippen molar-refractivity contribution in [3.05, 3.63) is 35.1 Å². The second kappa shape index (κ2) is 6.06. The van der Waals surface area contributed by atoms with Gasteiger partial charge in [0.25, 0.3) is 5.91 Å². The highest BCUT2D eigenvalue weighted by atomic mass is 19.1. The largest absolute Gasteiger partial charge is 0.384 e. The Hall–Kier alpha value is -1.86. The van der Waals surface area contributed by atoms with Gasteiger partial charge in [-0.2, -0.15) is 0 Å². The average molecular weight is 275 g/mol. The molecule has 1 aromatic carbocycles. The third-order valence-electron chi connectivity index (χ3n) is 3.76. The quantitative estimate of drug-likeness (QED) is 0.830. The molecule has 2 N–H and O–H groups in total. The van der Waals surface area contributed by atoms with Crippen LogP contribution in [0.3, 0.4) is 0 Å². The predicted octanol–water partition coefficient (Wildman–Crippen LogP) is 2.09. The van der Waals surface area contributed by atoms with Gasteiger partial charge in [-0.25, -0.2) is 4.39 Å². The molecular weight excluding hydrogens is 257 g/mol. The number of halogens is 1. The van der Waals surface area contributed by atoms with E-state index in [-0.39, 0.29) is 17.9 Å². The fourth-order valence-electron chi connectivity index (χ4n) is 2.30. The summed E-state index contributed by atoms with van der Waals surface area (Å²) in [5, 5.41) is 11.6. The van der Waals surface area contributed by atoms with Gasteiger partial charge in [0.05, 0.1) is 5.56 Å². The van der Waals surface area contributed by atoms with E-state index in [1.807, 2.05) is 0 Å². The Bertz CT molecular complexity index is 568. The Balaban J connectivity index is 2.12. The van der Waals surface area contributed by atoms with Gasteiger partial charge in [-0.05, 0) is 36.5 Å². The molecule has 1 aliphatic rings. The molecular formula is C16H18FNO2. The summed E-state index contributed by atoms with van der Waals surface area (Å²) in [5.74, 6) is 4.35. The summed E-state index contributed by atoms with van der Waals surface area (Å²) >= 11 is 0. The van der Waals surface area contributed by atoms with Crippen molar-refractivity contribution in [3.8, 4) is 11.8 Å². The Morgan fingerprint density at radius 3 is 2.85 bits per heavy atom. The molecule has 106 valence electrons. The predicted molar refractivity (Wildman–Crippen MR) is 74.7 cm³/mol. The molecule has 3 nitrogen and oxygen atoms in total. The molecule has 1 saturated carbocycles. The van der Waals surface area contributed by atoms with Crippen LogP contribution in [0.2, 0.25) is 0 Å². The van der Waals surface area contributed by atoms with Crippen LogP contribution in [0.25, 0.3) is 0 Å². The summed E-state index contributed by atoms with van der Waals surface area (Å²) in [5.41, 5.74) is 0.831. The van der Waals surface area contributed by atoms with Gasteiger partial charge in [-0.1, -0.05) is 25.2 Å². The lowest BCUT2D eigenvalue weighted by Gasteiger charge is -2.38. The van der Waals surface area contributed by atoms with Crippen LogP contribution in [0.1, 0.15) is 42.1 Å². The second-order valence-corrected chi connectivity index (χ2v) is 5.50. The molecule has 20 heavy (non-hydrogen) atoms. The van der Waals surface area contributed by atoms with E-state index in [4.69, 9.17) is 5.11 Å². The third kappa shape index (κ3) is 3.37. The molecule has 1 aromatic rings. The highest BCUT2D eigenvalue weighted by Gasteiger charge is 2.32. The molecule has 2 rings (SSSR count). The summed E-state index contributed by atoms with van der Waals surface area (Å²) in [7, 11) is 0. The van der Waals surface area contributed by atoms with E-state index in [9.17, 15) is 9.18 Å². The van der Waals surface area contributed by atoms with E-state index in [1.54, 1.807) is 0 Å². The maximum Gasteiger partial charge on any atom is 0.252 e. The lowest BCUT2D eigenvalue weighted by atomic mass is 9.70. The van der Waals surface area contributed by atoms with E-state index in [2.05, 4.69) is 24.1 Å². The maximum absolute atomic E-state index is 13.2. The topological polar surface area (TPSA) is 49.3 Å². The molecule has 1 amide bonds. The normalized spacial score (nSPS) is 15.8. The maximum atomic E-state index is 13.2. The van der Waals surface area contributed by atoms with Crippen LogP contribution in [0.5, 0.6) is 0 Å². The van der Waals surface area contributed by atoms with Crippen LogP contribution in [-0.4, -0.2) is 24.2 Å². The number of carbonyl (C=O) groups excluding carboxylic acids is 1. The number of benzene rings is 1. The molecule has 1 aliphatic carbocycles. The van der Waals surface area contributed by atoms with Gasteiger partial charge in [0.2, 0.25) is 0 Å². The molecule has 0 aliphatic heterocycles. The van der Waals surface area contributed by atoms with Gasteiger partial charge in [0.15, 0.2) is 0 Å². The lowest BCUT2D eigenvalue weighted by molar-refractivity contribution is 0.0890. The molecule has 0 atom stereocenters. The lowest BCUT2D eigenvalue weighted by Crippen LogP contribution is -2.40. The monoisotopic (exact) mass is 275 g/mol. The fourth-order valence-corrected chi connectivity index (χ4v) is 2.30. The molecule has 0 heterocycles. The summed E-state index contributed by atoms with van der Waals surface area (Å²) < 4.78 is 13.2. The number of hydrogen-bond donors (Lipinski definition) is 2. The summed E-state index contributed by atoms with van der Waals surface area (Å²) in [4.78, 5) is 12.2. The van der Waals surface area contributed by atoms with Crippen molar-refractivity contribution in [2.45, 2.75) is 26.2 Å². The zero-order valence-corrected chi connectivity index (χ0v) is 11.5. The highest BCUT2D eigenvalue weighted by Crippen LogP contribution is 2.39. The van der Waals surface area contributed by atoms with Crippen molar-refractivity contribution in [1.29, 1.82) is 0 Å². The molecule has 0 spiro atoms. The second-order valence-electron chi connectivity index (χ2n) is 5.50. The van der Waals surface area contributed by atoms with E-state index in [0.717, 1.165) is 12.8 Å². The van der Waals surface area contributed by atoms with Crippen molar-refractivity contribution in [2.75, 3.05) is 13.2 Å². The van der Waals surface area contributed by atoms with Crippen LogP contribution in [0.15, 0.2) is 18.2 Å². The summed E-state index contributed by atoms with van der Waals surface area (Å²) in [6, 6.07) is 3.88. The molecule has 0 saturated heterocycles. The summed E-state index contributed by atoms with van der Waals surface area (Å²) in [6.45, 7) is 2.44. The number of hydrogen-bond acceptors (Lipinski definition) is 2. The summed E-state index contributed by atoms with van der Waals surface area (Å²) in [6.07, 6.45) is 3.44. The van der Waals surface area contributed by atoms with Crippen molar-refractivity contribution in [1.82, 2.24) is 5.32 Å². The zero-order chi connectivity index (χ0) is 14.6. The third-order valence-corrected chi connectivity index (χ3v) is 3.76. The highest BCUT2D eigenvalue weighted by molar-refractivity contribution is 5.96. The van der Waals surface area contributed by atoms with E-state index in [0.29, 0.717) is 17.7 Å². The average Bonchev–Trinajstić information content (AvgIpc) is 2.40. The Kier molecular flexibility index (Phi) is 4.41. The van der Waals surface area contributed by atoms with E-state index < -0.39 is 5.82 Å². The van der Waals surface area contributed by atoms with Gasteiger partial charge in [0, 0.05) is 12.1 Å². The Labute approximate surface area is 118 Å². The minimum atomic E-state index is -0.449. The number of amides is 1. The minimum Gasteiger partial charge on any atom is -0.384 e. The molecule has 0 aromatic heterocycles. The molecule has 0 bridgehead atoms. The number of carbonyl (C=O) groups is 1. The van der Waals surface area contributed by atoms with E-state index >= 15 is 0 Å². The Morgan fingerprint density at radius 1 is 1.50 bits per heavy atom. The van der Waals surface area contributed by atoms with Crippen molar-refractivity contribution < 1.29 is 14.3 Å². The molecule has 0 unspecified atom stereocenters. The SMILES string of the molecule is CC1(CNC(=O)c2ccc(F)cc2C#CCO)CCC1. The standard InChI is InChI=1S/C16H18FNO2/c1-16(7-3-8-16)11-18-15(20)14-6-5-13(17)10-12(14)4-2-9-19/h5-6,10,19H,3,7-9,11H2,1H3,(H,18,20). The smallest absolute Gasteiger partial charge is 0.252 e. The van der Waals surface area contributed by atoms with Crippen molar-refractivity contribution >= 4 is 5.91 Å². The van der Waals surface area contributed by atoms with Gasteiger partial charge >= 0.3 is 0 Å². The van der Waals surface area contributed by atoms with Crippen molar-refractivity contribution in [3.63, 3.8) is 0 Å². The number of aliphatic hydroxyl groups is 1. The minimum absolute atomic E-state index is 0.187. The first-order valence-electron chi connectivity index (χ1n) is 6.72. The van der Waals surface area contributed by atoms with E-state index in [1.165, 1.54) is 24.6 Å². The fraction of sp³-hybridized carbons (Fsp3) is 0.438. The number of rotatable bonds is 3. The molecule has 4 heteroatoms. The van der Waals surface area contributed by atoms with Gasteiger partial charge in [-0.3, -0.25) is 4.79 Å². The van der Waals surface area contributed by atoms with Gasteiger partial charge in [-0.15, -0.1) is 0 Å². The van der Waals surface area contributed by atoms with Crippen LogP contribution < -0.4 is 5.32 Å². The van der Waals surface area contributed by atoms with Crippen LogP contribution in [0, 0.1) is 23.1 Å². The number of nitrogens with one attached hydrogen (secondary N) is 1. The van der Waals surface area contributed by atoms with Crippen molar-refractivity contribution in [2.24, 2.45) is 5.41 Å². The van der Waals surface area contributed by atoms with Crippen LogP contribution in [0.4, 0.5) is 4.39 Å². The van der Waals surface area contributed by atoms with Gasteiger partial charge < -0.3 is 10.4 Å². The van der Waals surface area contributed by atoms with Crippen LogP contribution in [-0.2, 0) is 0 Å². The number of aliphatic hydroxyl groups excluding tert-OH is 1. The molecule has 0 radical (unpaired) electrons. The first-order valence-corrected chi connectivity index (χ1v) is 6.72. The van der Waals surface area contributed by atoms with Crippen LogP contribution >= 0.6 is 0 Å². The first-order chi connectivity index (χ1) is 9.54. The Morgan fingerprint density at radius 2 is 2.25 bits per heavy atom. The molecule has 1 fully saturated rings.